The largest absolute Gasteiger partial charge is 0.455 e. The van der Waals surface area contributed by atoms with Crippen molar-refractivity contribution in [2.45, 2.75) is 0 Å². The molecule has 0 unspecified atom stereocenters. The predicted octanol–water partition coefficient (Wildman–Crippen LogP) is 14.9. The van der Waals surface area contributed by atoms with Crippen LogP contribution in [0, 0.1) is 0 Å². The van der Waals surface area contributed by atoms with E-state index in [1.807, 2.05) is 60.7 Å². The van der Waals surface area contributed by atoms with Crippen LogP contribution in [0.25, 0.3) is 117 Å². The predicted molar refractivity (Wildman–Crippen MR) is 254 cm³/mol. The molecule has 5 nitrogen and oxygen atoms in total. The normalized spacial score (nSPS) is 11.5. The second kappa shape index (κ2) is 14.7. The summed E-state index contributed by atoms with van der Waals surface area (Å²) in [6.45, 7) is 0. The molecule has 0 fully saturated rings. The Hall–Kier alpha value is -8.41. The number of furan rings is 1. The molecule has 5 heteroatoms. The summed E-state index contributed by atoms with van der Waals surface area (Å²) >= 11 is 0. The smallest absolute Gasteiger partial charge is 0.164 e. The standard InChI is InChI=1S/C57H36N4O/c1-5-17-37(18-6-1)40-23-15-24-41(35-40)42-31-32-44(48(36-42)57-59-55(38-19-7-2-8-20-38)58-56(60-57)39-21-9-3-10-22-39)45-28-16-29-47-53-51(62-54(45)47)34-33-50-52(53)46-27-13-14-30-49(46)61(50)43-25-11-4-12-26-43/h1-36H. The molecule has 12 aromatic rings. The van der Waals surface area contributed by atoms with Crippen molar-refractivity contribution < 1.29 is 4.42 Å². The average molecular weight is 793 g/mol. The highest BCUT2D eigenvalue weighted by molar-refractivity contribution is 6.28. The fraction of sp³-hybridized carbons (Fsp3) is 0. The summed E-state index contributed by atoms with van der Waals surface area (Å²) in [7, 11) is 0. The Morgan fingerprint density at radius 1 is 0.323 bits per heavy atom. The molecule has 0 atom stereocenters. The van der Waals surface area contributed by atoms with Crippen LogP contribution in [0.5, 0.6) is 0 Å². The molecule has 0 saturated carbocycles. The summed E-state index contributed by atoms with van der Waals surface area (Å²) in [6, 6.07) is 76.1. The molecule has 3 heterocycles. The van der Waals surface area contributed by atoms with Crippen LogP contribution < -0.4 is 0 Å². The van der Waals surface area contributed by atoms with Gasteiger partial charge in [-0.05, 0) is 70.3 Å². The summed E-state index contributed by atoms with van der Waals surface area (Å²) < 4.78 is 9.36. The number of fused-ring (bicyclic) bond motifs is 7. The molecule has 0 bridgehead atoms. The molecule has 3 aromatic heterocycles. The first kappa shape index (κ1) is 35.5. The van der Waals surface area contributed by atoms with E-state index >= 15 is 0 Å². The maximum atomic E-state index is 7.00. The van der Waals surface area contributed by atoms with E-state index in [1.165, 1.54) is 16.3 Å². The van der Waals surface area contributed by atoms with Gasteiger partial charge in [0, 0.05) is 49.5 Å². The zero-order valence-corrected chi connectivity index (χ0v) is 33.5. The van der Waals surface area contributed by atoms with Crippen molar-refractivity contribution in [3.8, 4) is 73.2 Å². The lowest BCUT2D eigenvalue weighted by atomic mass is 9.92. The molecule has 9 aromatic carbocycles. The molecule has 290 valence electrons. The van der Waals surface area contributed by atoms with Gasteiger partial charge in [-0.3, -0.25) is 0 Å². The minimum absolute atomic E-state index is 0.579. The number of hydrogen-bond acceptors (Lipinski definition) is 4. The monoisotopic (exact) mass is 792 g/mol. The first-order chi connectivity index (χ1) is 30.7. The summed E-state index contributed by atoms with van der Waals surface area (Å²) in [5.74, 6) is 1.79. The highest BCUT2D eigenvalue weighted by atomic mass is 16.3. The molecule has 62 heavy (non-hydrogen) atoms. The van der Waals surface area contributed by atoms with Crippen molar-refractivity contribution in [1.29, 1.82) is 0 Å². The fourth-order valence-electron chi connectivity index (χ4n) is 9.00. The van der Waals surface area contributed by atoms with Crippen molar-refractivity contribution in [3.63, 3.8) is 0 Å². The van der Waals surface area contributed by atoms with Crippen LogP contribution in [-0.2, 0) is 0 Å². The van der Waals surface area contributed by atoms with Crippen LogP contribution in [0.2, 0.25) is 0 Å². The third kappa shape index (κ3) is 5.98. The van der Waals surface area contributed by atoms with Gasteiger partial charge >= 0.3 is 0 Å². The van der Waals surface area contributed by atoms with E-state index in [-0.39, 0.29) is 0 Å². The van der Waals surface area contributed by atoms with E-state index in [9.17, 15) is 0 Å². The average Bonchev–Trinajstić information content (AvgIpc) is 3.91. The lowest BCUT2D eigenvalue weighted by molar-refractivity contribution is 0.670. The van der Waals surface area contributed by atoms with E-state index in [0.717, 1.165) is 83.2 Å². The first-order valence-electron chi connectivity index (χ1n) is 20.9. The third-order valence-electron chi connectivity index (χ3n) is 11.9. The third-order valence-corrected chi connectivity index (χ3v) is 11.9. The van der Waals surface area contributed by atoms with E-state index in [1.54, 1.807) is 0 Å². The maximum Gasteiger partial charge on any atom is 0.164 e. The van der Waals surface area contributed by atoms with Gasteiger partial charge in [0.2, 0.25) is 0 Å². The molecular formula is C57H36N4O. The SMILES string of the molecule is c1ccc(-c2cccc(-c3ccc(-c4cccc5c4oc4ccc6c(c7ccccc7n6-c6ccccc6)c45)c(-c4nc(-c5ccccc5)nc(-c5ccccc5)n4)c3)c2)cc1. The Labute approximate surface area is 357 Å². The Morgan fingerprint density at radius 3 is 1.58 bits per heavy atom. The van der Waals surface area contributed by atoms with Crippen LogP contribution in [0.15, 0.2) is 223 Å². The molecular weight excluding hydrogens is 757 g/mol. The maximum absolute atomic E-state index is 7.00. The van der Waals surface area contributed by atoms with E-state index in [4.69, 9.17) is 19.4 Å². The molecule has 0 amide bonds. The van der Waals surface area contributed by atoms with Crippen LogP contribution in [0.4, 0.5) is 0 Å². The van der Waals surface area contributed by atoms with Gasteiger partial charge in [0.1, 0.15) is 11.2 Å². The summed E-state index contributed by atoms with van der Waals surface area (Å²) in [5, 5.41) is 4.50. The second-order valence-corrected chi connectivity index (χ2v) is 15.6. The van der Waals surface area contributed by atoms with Gasteiger partial charge in [0.15, 0.2) is 17.5 Å². The minimum atomic E-state index is 0.579. The van der Waals surface area contributed by atoms with Crippen molar-refractivity contribution in [1.82, 2.24) is 19.5 Å². The van der Waals surface area contributed by atoms with Gasteiger partial charge in [-0.15, -0.1) is 0 Å². The van der Waals surface area contributed by atoms with E-state index < -0.39 is 0 Å². The summed E-state index contributed by atoms with van der Waals surface area (Å²) in [4.78, 5) is 15.6. The van der Waals surface area contributed by atoms with Crippen LogP contribution in [-0.4, -0.2) is 19.5 Å². The Bertz CT molecular complexity index is 3560. The molecule has 0 saturated heterocycles. The van der Waals surface area contributed by atoms with Crippen molar-refractivity contribution in [2.75, 3.05) is 0 Å². The fourth-order valence-corrected chi connectivity index (χ4v) is 9.00. The minimum Gasteiger partial charge on any atom is -0.455 e. The van der Waals surface area contributed by atoms with Gasteiger partial charge in [0.25, 0.3) is 0 Å². The Morgan fingerprint density at radius 2 is 0.871 bits per heavy atom. The zero-order valence-electron chi connectivity index (χ0n) is 33.5. The number of aromatic nitrogens is 4. The summed E-state index contributed by atoms with van der Waals surface area (Å²) in [6.07, 6.45) is 0. The topological polar surface area (TPSA) is 56.7 Å². The number of para-hydroxylation sites is 3. The molecule has 0 aliphatic heterocycles. The zero-order chi connectivity index (χ0) is 41.0. The summed E-state index contributed by atoms with van der Waals surface area (Å²) in [5.41, 5.74) is 14.2. The lowest BCUT2D eigenvalue weighted by Crippen LogP contribution is -2.01. The number of nitrogens with zero attached hydrogens (tertiary/aromatic N) is 4. The van der Waals surface area contributed by atoms with Gasteiger partial charge in [-0.2, -0.15) is 0 Å². The van der Waals surface area contributed by atoms with Crippen molar-refractivity contribution in [2.24, 2.45) is 0 Å². The number of benzene rings is 9. The highest BCUT2D eigenvalue weighted by Gasteiger charge is 2.23. The van der Waals surface area contributed by atoms with E-state index in [2.05, 4.69) is 162 Å². The molecule has 0 aliphatic rings. The van der Waals surface area contributed by atoms with Crippen molar-refractivity contribution in [3.05, 3.63) is 218 Å². The van der Waals surface area contributed by atoms with Crippen LogP contribution in [0.3, 0.4) is 0 Å². The highest BCUT2D eigenvalue weighted by Crippen LogP contribution is 2.45. The second-order valence-electron chi connectivity index (χ2n) is 15.6. The van der Waals surface area contributed by atoms with Gasteiger partial charge in [-0.1, -0.05) is 176 Å². The lowest BCUT2D eigenvalue weighted by Gasteiger charge is -2.15. The molecule has 0 spiro atoms. The molecule has 0 radical (unpaired) electrons. The molecule has 0 aliphatic carbocycles. The Kier molecular flexibility index (Phi) is 8.42. The number of rotatable bonds is 7. The van der Waals surface area contributed by atoms with Crippen LogP contribution >= 0.6 is 0 Å². The van der Waals surface area contributed by atoms with Crippen molar-refractivity contribution >= 4 is 43.7 Å². The van der Waals surface area contributed by atoms with Crippen LogP contribution in [0.1, 0.15) is 0 Å². The number of hydrogen-bond donors (Lipinski definition) is 0. The first-order valence-corrected chi connectivity index (χ1v) is 20.9. The Balaban J connectivity index is 1.12. The van der Waals surface area contributed by atoms with Gasteiger partial charge < -0.3 is 8.98 Å². The quantitative estimate of drug-likeness (QED) is 0.161. The van der Waals surface area contributed by atoms with E-state index in [0.29, 0.717) is 17.5 Å². The van der Waals surface area contributed by atoms with Gasteiger partial charge in [0.05, 0.1) is 11.0 Å². The molecule has 0 N–H and O–H groups in total. The molecule has 12 rings (SSSR count). The van der Waals surface area contributed by atoms with Gasteiger partial charge in [-0.25, -0.2) is 15.0 Å².